The van der Waals surface area contributed by atoms with Crippen LogP contribution in [0.5, 0.6) is 0 Å². The van der Waals surface area contributed by atoms with Gasteiger partial charge in [-0.15, -0.1) is 0 Å². The first-order valence-electron chi connectivity index (χ1n) is 8.71. The third kappa shape index (κ3) is 3.22. The molecule has 24 heavy (non-hydrogen) atoms. The van der Waals surface area contributed by atoms with E-state index in [1.807, 2.05) is 12.1 Å². The Labute approximate surface area is 141 Å². The summed E-state index contributed by atoms with van der Waals surface area (Å²) in [4.78, 5) is 3.21. The standard InChI is InChI=1S/C21H22FNO/c22-17-8-11-19-20(13-23-21(19)12-17)16-6-9-18(10-7-16)24-14-15-4-2-1-3-5-15/h1-5,8,11-13,16,18,23H,6-7,9-10,14H2. The predicted molar refractivity (Wildman–Crippen MR) is 94.5 cm³/mol. The van der Waals surface area contributed by atoms with Crippen molar-refractivity contribution < 1.29 is 9.13 Å². The Morgan fingerprint density at radius 3 is 2.58 bits per heavy atom. The van der Waals surface area contributed by atoms with Crippen molar-refractivity contribution in [3.05, 3.63) is 71.7 Å². The molecule has 1 heterocycles. The molecule has 0 atom stereocenters. The SMILES string of the molecule is Fc1ccc2c(C3CCC(OCc4ccccc4)CC3)c[nH]c2c1. The van der Waals surface area contributed by atoms with Gasteiger partial charge in [0.1, 0.15) is 5.82 Å². The van der Waals surface area contributed by atoms with Crippen LogP contribution in [0.4, 0.5) is 4.39 Å². The molecule has 0 bridgehead atoms. The van der Waals surface area contributed by atoms with Gasteiger partial charge >= 0.3 is 0 Å². The molecule has 1 aliphatic rings. The topological polar surface area (TPSA) is 25.0 Å². The van der Waals surface area contributed by atoms with Gasteiger partial charge in [0.05, 0.1) is 12.7 Å². The number of H-pyrrole nitrogens is 1. The van der Waals surface area contributed by atoms with Crippen LogP contribution in [0.3, 0.4) is 0 Å². The number of hydrogen-bond acceptors (Lipinski definition) is 1. The second-order valence-electron chi connectivity index (χ2n) is 6.70. The molecule has 1 aliphatic carbocycles. The third-order valence-electron chi connectivity index (χ3n) is 5.12. The lowest BCUT2D eigenvalue weighted by Gasteiger charge is -2.28. The lowest BCUT2D eigenvalue weighted by atomic mass is 9.82. The summed E-state index contributed by atoms with van der Waals surface area (Å²) in [6, 6.07) is 15.4. The normalized spacial score (nSPS) is 21.2. The molecule has 0 unspecified atom stereocenters. The first-order valence-corrected chi connectivity index (χ1v) is 8.71. The lowest BCUT2D eigenvalue weighted by Crippen LogP contribution is -2.20. The molecule has 1 aromatic heterocycles. The highest BCUT2D eigenvalue weighted by Gasteiger charge is 2.24. The highest BCUT2D eigenvalue weighted by molar-refractivity contribution is 5.83. The predicted octanol–water partition coefficient (Wildman–Crippen LogP) is 5.55. The van der Waals surface area contributed by atoms with Gasteiger partial charge in [-0.2, -0.15) is 0 Å². The van der Waals surface area contributed by atoms with Crippen molar-refractivity contribution >= 4 is 10.9 Å². The van der Waals surface area contributed by atoms with Gasteiger partial charge in [0.15, 0.2) is 0 Å². The Bertz CT molecular complexity index is 803. The fraction of sp³-hybridized carbons (Fsp3) is 0.333. The van der Waals surface area contributed by atoms with E-state index in [9.17, 15) is 4.39 Å². The van der Waals surface area contributed by atoms with Crippen LogP contribution in [-0.2, 0) is 11.3 Å². The zero-order valence-electron chi connectivity index (χ0n) is 13.7. The van der Waals surface area contributed by atoms with E-state index < -0.39 is 0 Å². The molecule has 0 aliphatic heterocycles. The molecule has 0 amide bonds. The van der Waals surface area contributed by atoms with Gasteiger partial charge in [0, 0.05) is 17.1 Å². The van der Waals surface area contributed by atoms with Gasteiger partial charge in [0.2, 0.25) is 0 Å². The molecular formula is C21H22FNO. The number of rotatable bonds is 4. The maximum absolute atomic E-state index is 13.3. The van der Waals surface area contributed by atoms with Crippen LogP contribution in [0.25, 0.3) is 10.9 Å². The molecule has 2 nitrogen and oxygen atoms in total. The van der Waals surface area contributed by atoms with Crippen molar-refractivity contribution in [2.45, 2.75) is 44.3 Å². The molecule has 1 fully saturated rings. The number of halogens is 1. The number of fused-ring (bicyclic) bond motifs is 1. The van der Waals surface area contributed by atoms with Gasteiger partial charge in [-0.3, -0.25) is 0 Å². The van der Waals surface area contributed by atoms with Gasteiger partial charge in [-0.25, -0.2) is 4.39 Å². The van der Waals surface area contributed by atoms with E-state index >= 15 is 0 Å². The van der Waals surface area contributed by atoms with E-state index in [2.05, 4.69) is 35.4 Å². The summed E-state index contributed by atoms with van der Waals surface area (Å²) in [6.07, 6.45) is 6.84. The molecule has 0 saturated heterocycles. The van der Waals surface area contributed by atoms with Crippen LogP contribution in [0.2, 0.25) is 0 Å². The van der Waals surface area contributed by atoms with E-state index in [1.54, 1.807) is 12.1 Å². The zero-order chi connectivity index (χ0) is 16.4. The van der Waals surface area contributed by atoms with Gasteiger partial charge in [-0.1, -0.05) is 30.3 Å². The minimum absolute atomic E-state index is 0.186. The highest BCUT2D eigenvalue weighted by Crippen LogP contribution is 2.37. The smallest absolute Gasteiger partial charge is 0.125 e. The summed E-state index contributed by atoms with van der Waals surface area (Å²) in [5.41, 5.74) is 3.46. The van der Waals surface area contributed by atoms with Crippen molar-refractivity contribution in [3.63, 3.8) is 0 Å². The van der Waals surface area contributed by atoms with Crippen molar-refractivity contribution in [1.29, 1.82) is 0 Å². The quantitative estimate of drug-likeness (QED) is 0.669. The average molecular weight is 323 g/mol. The molecule has 1 saturated carbocycles. The first kappa shape index (κ1) is 15.4. The maximum atomic E-state index is 13.3. The molecule has 0 spiro atoms. The number of aromatic nitrogens is 1. The van der Waals surface area contributed by atoms with E-state index in [-0.39, 0.29) is 5.82 Å². The second kappa shape index (κ2) is 6.78. The Morgan fingerprint density at radius 1 is 1.00 bits per heavy atom. The molecule has 1 N–H and O–H groups in total. The van der Waals surface area contributed by atoms with Crippen LogP contribution in [-0.4, -0.2) is 11.1 Å². The fourth-order valence-electron chi connectivity index (χ4n) is 3.79. The van der Waals surface area contributed by atoms with Crippen LogP contribution in [0.15, 0.2) is 54.7 Å². The minimum Gasteiger partial charge on any atom is -0.374 e. The van der Waals surface area contributed by atoms with Crippen molar-refractivity contribution in [2.24, 2.45) is 0 Å². The largest absolute Gasteiger partial charge is 0.374 e. The summed E-state index contributed by atoms with van der Waals surface area (Å²) in [7, 11) is 0. The van der Waals surface area contributed by atoms with E-state index in [0.717, 1.165) is 36.6 Å². The van der Waals surface area contributed by atoms with Crippen LogP contribution >= 0.6 is 0 Å². The monoisotopic (exact) mass is 323 g/mol. The molecule has 0 radical (unpaired) electrons. The molecule has 3 heteroatoms. The Morgan fingerprint density at radius 2 is 1.79 bits per heavy atom. The summed E-state index contributed by atoms with van der Waals surface area (Å²) >= 11 is 0. The molecule has 124 valence electrons. The number of ether oxygens (including phenoxy) is 1. The molecular weight excluding hydrogens is 301 g/mol. The van der Waals surface area contributed by atoms with Crippen LogP contribution < -0.4 is 0 Å². The average Bonchev–Trinajstić information content (AvgIpc) is 3.04. The lowest BCUT2D eigenvalue weighted by molar-refractivity contribution is 0.0134. The number of nitrogens with one attached hydrogen (secondary N) is 1. The van der Waals surface area contributed by atoms with E-state index in [0.29, 0.717) is 18.6 Å². The Hall–Kier alpha value is -2.13. The minimum atomic E-state index is -0.186. The van der Waals surface area contributed by atoms with E-state index in [1.165, 1.54) is 11.1 Å². The maximum Gasteiger partial charge on any atom is 0.125 e. The number of aromatic amines is 1. The Balaban J connectivity index is 1.37. The molecule has 4 rings (SSSR count). The second-order valence-corrected chi connectivity index (χ2v) is 6.70. The molecule has 3 aromatic rings. The Kier molecular flexibility index (Phi) is 4.35. The number of benzene rings is 2. The van der Waals surface area contributed by atoms with Crippen molar-refractivity contribution in [3.8, 4) is 0 Å². The summed E-state index contributed by atoms with van der Waals surface area (Å²) in [5, 5.41) is 1.16. The van der Waals surface area contributed by atoms with Gasteiger partial charge in [0.25, 0.3) is 0 Å². The van der Waals surface area contributed by atoms with Gasteiger partial charge < -0.3 is 9.72 Å². The molecule has 2 aromatic carbocycles. The third-order valence-corrected chi connectivity index (χ3v) is 5.12. The zero-order valence-corrected chi connectivity index (χ0v) is 13.7. The fourth-order valence-corrected chi connectivity index (χ4v) is 3.79. The van der Waals surface area contributed by atoms with Crippen molar-refractivity contribution in [1.82, 2.24) is 4.98 Å². The summed E-state index contributed by atoms with van der Waals surface area (Å²) in [5.74, 6) is 0.356. The van der Waals surface area contributed by atoms with Gasteiger partial charge in [-0.05, 0) is 60.9 Å². The highest BCUT2D eigenvalue weighted by atomic mass is 19.1. The first-order chi connectivity index (χ1) is 11.8. The number of hydrogen-bond donors (Lipinski definition) is 1. The van der Waals surface area contributed by atoms with Crippen LogP contribution in [0, 0.1) is 5.82 Å². The summed E-state index contributed by atoms with van der Waals surface area (Å²) in [6.45, 7) is 0.697. The van der Waals surface area contributed by atoms with E-state index in [4.69, 9.17) is 4.74 Å². The van der Waals surface area contributed by atoms with Crippen LogP contribution in [0.1, 0.15) is 42.7 Å². The van der Waals surface area contributed by atoms with Crippen molar-refractivity contribution in [2.75, 3.05) is 0 Å². The summed E-state index contributed by atoms with van der Waals surface area (Å²) < 4.78 is 19.4.